The molecule has 0 aliphatic rings. The van der Waals surface area contributed by atoms with Crippen LogP contribution in [-0.4, -0.2) is 46.9 Å². The van der Waals surface area contributed by atoms with E-state index in [-0.39, 0.29) is 24.9 Å². The normalized spacial score (nSPS) is 14.2. The largest absolute Gasteiger partial charge is 0.462 e. The molecule has 1 amide bonds. The summed E-state index contributed by atoms with van der Waals surface area (Å²) >= 11 is 0. The number of esters is 1. The van der Waals surface area contributed by atoms with Gasteiger partial charge in [0.15, 0.2) is 0 Å². The smallest absolute Gasteiger partial charge is 0.306 e. The fourth-order valence-corrected chi connectivity index (χ4v) is 7.00. The number of amides is 1. The topological polar surface area (TPSA) is 95.9 Å². The third-order valence-corrected chi connectivity index (χ3v) is 10.8. The lowest BCUT2D eigenvalue weighted by Gasteiger charge is -2.24. The van der Waals surface area contributed by atoms with Gasteiger partial charge in [-0.2, -0.15) is 0 Å². The number of aliphatic hydroxyl groups is 2. The lowest BCUT2D eigenvalue weighted by Crippen LogP contribution is -2.46. The van der Waals surface area contributed by atoms with Crippen molar-refractivity contribution in [1.29, 1.82) is 0 Å². The van der Waals surface area contributed by atoms with Crippen LogP contribution in [0.4, 0.5) is 0 Å². The first kappa shape index (κ1) is 58.5. The molecular weight excluding hydrogens is 767 g/mol. The Hall–Kier alpha value is -3.48. The van der Waals surface area contributed by atoms with Crippen molar-refractivity contribution < 1.29 is 24.5 Å². The molecule has 0 saturated heterocycles. The molecule has 0 bridgehead atoms. The Morgan fingerprint density at radius 2 is 0.903 bits per heavy atom. The molecule has 62 heavy (non-hydrogen) atoms. The molecule has 6 nitrogen and oxygen atoms in total. The van der Waals surface area contributed by atoms with Gasteiger partial charge in [0.2, 0.25) is 5.91 Å². The zero-order chi connectivity index (χ0) is 45.2. The summed E-state index contributed by atoms with van der Waals surface area (Å²) in [6.45, 7) is 6.22. The minimum absolute atomic E-state index is 0.0326. The molecule has 6 heteroatoms. The Kier molecular flexibility index (Phi) is 45.8. The van der Waals surface area contributed by atoms with Gasteiger partial charge in [-0.1, -0.05) is 239 Å². The number of carbonyl (C=O) groups excluding carboxylic acids is 2. The van der Waals surface area contributed by atoms with Crippen LogP contribution in [0, 0.1) is 0 Å². The van der Waals surface area contributed by atoms with Gasteiger partial charge in [-0.15, -0.1) is 0 Å². The Morgan fingerprint density at radius 1 is 0.484 bits per heavy atom. The lowest BCUT2D eigenvalue weighted by atomic mass is 10.0. The zero-order valence-corrected chi connectivity index (χ0v) is 40.0. The van der Waals surface area contributed by atoms with E-state index in [4.69, 9.17) is 4.74 Å². The van der Waals surface area contributed by atoms with Gasteiger partial charge >= 0.3 is 5.97 Å². The predicted octanol–water partition coefficient (Wildman–Crippen LogP) is 15.1. The van der Waals surface area contributed by atoms with Gasteiger partial charge in [0, 0.05) is 6.42 Å². The minimum atomic E-state index is -0.810. The van der Waals surface area contributed by atoms with Gasteiger partial charge in [-0.25, -0.2) is 0 Å². The maximum Gasteiger partial charge on any atom is 0.306 e. The number of unbranched alkanes of at least 4 members (excludes halogenated alkanes) is 20. The second-order valence-corrected chi connectivity index (χ2v) is 16.7. The summed E-state index contributed by atoms with van der Waals surface area (Å²) in [6, 6.07) is -0.728. The standard InChI is InChI=1S/C56H93NO5/c1-4-7-10-13-16-19-22-25-27-29-30-32-35-38-41-44-47-52(62-56(61)49-46-43-40-37-34-31-28-26-23-20-17-14-11-8-5-2)50-55(60)57-53(51-58)54(59)48-45-42-39-36-33-24-21-18-15-12-9-6-3/h8,10-11,13-14,16-17,19-20,22-23,25-30,32,52-54,58-59H,4-7,9,12,15,18,21,24,31,33-51H2,1-3H3,(H,57,60)/b11-8+,13-10+,17-14+,19-16+,23-20+,25-22+,28-26-,29-27+,32-30+. The third-order valence-electron chi connectivity index (χ3n) is 10.8. The monoisotopic (exact) mass is 860 g/mol. The average molecular weight is 860 g/mol. The Balaban J connectivity index is 4.77. The summed E-state index contributed by atoms with van der Waals surface area (Å²) in [5, 5.41) is 23.7. The quantitative estimate of drug-likeness (QED) is 0.0322. The number of rotatable bonds is 43. The summed E-state index contributed by atoms with van der Waals surface area (Å²) in [7, 11) is 0. The van der Waals surface area contributed by atoms with Crippen LogP contribution < -0.4 is 5.32 Å². The summed E-state index contributed by atoms with van der Waals surface area (Å²) in [4.78, 5) is 26.1. The van der Waals surface area contributed by atoms with Gasteiger partial charge in [0.1, 0.15) is 6.10 Å². The summed E-state index contributed by atoms with van der Waals surface area (Å²) in [5.74, 6) is -0.553. The maximum atomic E-state index is 13.2. The predicted molar refractivity (Wildman–Crippen MR) is 268 cm³/mol. The zero-order valence-electron chi connectivity index (χ0n) is 40.0. The van der Waals surface area contributed by atoms with E-state index in [1.807, 2.05) is 54.7 Å². The van der Waals surface area contributed by atoms with Crippen LogP contribution in [0.15, 0.2) is 109 Å². The van der Waals surface area contributed by atoms with Crippen molar-refractivity contribution in [2.75, 3.05) is 6.61 Å². The van der Waals surface area contributed by atoms with Gasteiger partial charge < -0.3 is 20.3 Å². The number of hydrogen-bond donors (Lipinski definition) is 3. The van der Waals surface area contributed by atoms with Crippen LogP contribution in [0.1, 0.15) is 207 Å². The molecule has 0 spiro atoms. The van der Waals surface area contributed by atoms with E-state index in [1.54, 1.807) is 0 Å². The Bertz CT molecular complexity index is 1280. The highest BCUT2D eigenvalue weighted by atomic mass is 16.5. The van der Waals surface area contributed by atoms with E-state index in [1.165, 1.54) is 57.8 Å². The second-order valence-electron chi connectivity index (χ2n) is 16.7. The fraction of sp³-hybridized carbons (Fsp3) is 0.643. The van der Waals surface area contributed by atoms with Crippen molar-refractivity contribution in [3.8, 4) is 0 Å². The molecule has 0 aromatic carbocycles. The number of hydrogen-bond acceptors (Lipinski definition) is 5. The third kappa shape index (κ3) is 43.2. The first-order chi connectivity index (χ1) is 30.5. The van der Waals surface area contributed by atoms with Crippen molar-refractivity contribution in [3.05, 3.63) is 109 Å². The molecule has 0 heterocycles. The van der Waals surface area contributed by atoms with Crippen LogP contribution in [0.3, 0.4) is 0 Å². The van der Waals surface area contributed by atoms with Crippen molar-refractivity contribution in [2.45, 2.75) is 225 Å². The van der Waals surface area contributed by atoms with E-state index in [0.717, 1.165) is 103 Å². The SMILES string of the molecule is CC/C=C/C=C/C=C/C=C\CCCCCCCC(=O)OC(CCCCC/C=C/C=C/C=C/C=C/C=C/CCC)CC(=O)NC(CO)C(O)CCCCCCCCCCCCCC. The van der Waals surface area contributed by atoms with Crippen LogP contribution >= 0.6 is 0 Å². The summed E-state index contributed by atoms with van der Waals surface area (Å²) < 4.78 is 5.90. The van der Waals surface area contributed by atoms with Crippen molar-refractivity contribution in [2.24, 2.45) is 0 Å². The number of allylic oxidation sites excluding steroid dienone is 18. The number of carbonyl (C=O) groups is 2. The molecule has 352 valence electrons. The second kappa shape index (κ2) is 48.6. The van der Waals surface area contributed by atoms with E-state index >= 15 is 0 Å². The molecule has 0 aliphatic carbocycles. The van der Waals surface area contributed by atoms with Crippen molar-refractivity contribution >= 4 is 11.9 Å². The maximum absolute atomic E-state index is 13.2. The molecule has 3 unspecified atom stereocenters. The van der Waals surface area contributed by atoms with Crippen LogP contribution in [0.2, 0.25) is 0 Å². The van der Waals surface area contributed by atoms with Gasteiger partial charge in [-0.05, 0) is 64.2 Å². The van der Waals surface area contributed by atoms with E-state index in [0.29, 0.717) is 19.3 Å². The minimum Gasteiger partial charge on any atom is -0.462 e. The van der Waals surface area contributed by atoms with Gasteiger partial charge in [-0.3, -0.25) is 9.59 Å². The molecule has 0 fully saturated rings. The number of nitrogens with one attached hydrogen (secondary N) is 1. The molecule has 0 aliphatic heterocycles. The van der Waals surface area contributed by atoms with Gasteiger partial charge in [0.05, 0.1) is 25.2 Å². The fourth-order valence-electron chi connectivity index (χ4n) is 7.00. The van der Waals surface area contributed by atoms with Crippen LogP contribution in [0.5, 0.6) is 0 Å². The Labute approximate surface area is 381 Å². The lowest BCUT2D eigenvalue weighted by molar-refractivity contribution is -0.151. The van der Waals surface area contributed by atoms with Crippen LogP contribution in [0.25, 0.3) is 0 Å². The van der Waals surface area contributed by atoms with Gasteiger partial charge in [0.25, 0.3) is 0 Å². The molecule has 3 N–H and O–H groups in total. The molecular formula is C56H93NO5. The summed E-state index contributed by atoms with van der Waals surface area (Å²) in [6.07, 6.45) is 65.6. The van der Waals surface area contributed by atoms with E-state index < -0.39 is 18.2 Å². The highest BCUT2D eigenvalue weighted by Gasteiger charge is 2.24. The highest BCUT2D eigenvalue weighted by molar-refractivity contribution is 5.77. The summed E-state index contributed by atoms with van der Waals surface area (Å²) in [5.41, 5.74) is 0. The average Bonchev–Trinajstić information content (AvgIpc) is 3.26. The molecule has 0 saturated carbocycles. The molecule has 0 radical (unpaired) electrons. The molecule has 0 rings (SSSR count). The first-order valence-corrected chi connectivity index (χ1v) is 25.2. The molecule has 0 aromatic heterocycles. The van der Waals surface area contributed by atoms with Crippen molar-refractivity contribution in [3.63, 3.8) is 0 Å². The Morgan fingerprint density at radius 3 is 1.40 bits per heavy atom. The highest BCUT2D eigenvalue weighted by Crippen LogP contribution is 2.17. The first-order valence-electron chi connectivity index (χ1n) is 25.2. The molecule has 0 aromatic rings. The van der Waals surface area contributed by atoms with E-state index in [2.05, 4.69) is 80.8 Å². The van der Waals surface area contributed by atoms with Crippen molar-refractivity contribution in [1.82, 2.24) is 5.32 Å². The number of ether oxygens (including phenoxy) is 1. The molecule has 3 atom stereocenters. The van der Waals surface area contributed by atoms with Crippen LogP contribution in [-0.2, 0) is 14.3 Å². The number of aliphatic hydroxyl groups excluding tert-OH is 2. The van der Waals surface area contributed by atoms with E-state index in [9.17, 15) is 19.8 Å².